The summed E-state index contributed by atoms with van der Waals surface area (Å²) in [7, 11) is -4.08. The van der Waals surface area contributed by atoms with Crippen LogP contribution in [0.2, 0.25) is 10.0 Å². The number of rotatable bonds is 7. The van der Waals surface area contributed by atoms with Crippen LogP contribution in [0.25, 0.3) is 0 Å². The molecule has 0 aliphatic rings. The molecule has 128 valence electrons. The largest absolute Gasteiger partial charge is 0.550 e. The number of carboxylic acid groups (broad SMARTS) is 1. The fraction of sp³-hybridized carbons (Fsp3) is 0.188. The van der Waals surface area contributed by atoms with Crippen LogP contribution in [0.3, 0.4) is 0 Å². The van der Waals surface area contributed by atoms with Crippen LogP contribution in [0.4, 0.5) is 0 Å². The van der Waals surface area contributed by atoms with Crippen molar-refractivity contribution >= 4 is 39.2 Å². The molecule has 0 amide bonds. The number of benzene rings is 2. The molecule has 2 aromatic carbocycles. The Kier molecular flexibility index (Phi) is 6.23. The van der Waals surface area contributed by atoms with Crippen LogP contribution in [0, 0.1) is 0 Å². The number of nitrogens with zero attached hydrogens (tertiary/aromatic N) is 1. The van der Waals surface area contributed by atoms with Gasteiger partial charge in [0.25, 0.3) is 0 Å². The van der Waals surface area contributed by atoms with Gasteiger partial charge in [0.05, 0.1) is 10.0 Å². The van der Waals surface area contributed by atoms with Crippen molar-refractivity contribution in [2.45, 2.75) is 17.9 Å². The fourth-order valence-corrected chi connectivity index (χ4v) is 4.67. The van der Waals surface area contributed by atoms with Crippen LogP contribution in [-0.4, -0.2) is 25.2 Å². The first kappa shape index (κ1) is 18.7. The Hall–Kier alpha value is -1.60. The van der Waals surface area contributed by atoms with Crippen molar-refractivity contribution in [2.75, 3.05) is 6.54 Å². The average Bonchev–Trinajstić information content (AvgIpc) is 2.51. The van der Waals surface area contributed by atoms with Crippen molar-refractivity contribution in [3.05, 3.63) is 64.1 Å². The molecule has 0 N–H and O–H groups in total. The van der Waals surface area contributed by atoms with Gasteiger partial charge in [-0.1, -0.05) is 59.6 Å². The molecule has 0 radical (unpaired) electrons. The first-order valence-electron chi connectivity index (χ1n) is 7.00. The van der Waals surface area contributed by atoms with Crippen molar-refractivity contribution in [2.24, 2.45) is 0 Å². The van der Waals surface area contributed by atoms with E-state index in [1.165, 1.54) is 18.2 Å². The van der Waals surface area contributed by atoms with Gasteiger partial charge in [0.15, 0.2) is 0 Å². The van der Waals surface area contributed by atoms with E-state index in [0.29, 0.717) is 5.56 Å². The first-order valence-corrected chi connectivity index (χ1v) is 9.20. The molecule has 5 nitrogen and oxygen atoms in total. The van der Waals surface area contributed by atoms with Gasteiger partial charge >= 0.3 is 0 Å². The summed E-state index contributed by atoms with van der Waals surface area (Å²) in [6.07, 6.45) is -0.436. The summed E-state index contributed by atoms with van der Waals surface area (Å²) in [6.45, 7) is -0.251. The lowest BCUT2D eigenvalue weighted by molar-refractivity contribution is -0.305. The van der Waals surface area contributed by atoms with Crippen LogP contribution in [0.5, 0.6) is 0 Å². The molecule has 0 fully saturated rings. The van der Waals surface area contributed by atoms with Crippen molar-refractivity contribution < 1.29 is 18.3 Å². The van der Waals surface area contributed by atoms with E-state index < -0.39 is 22.4 Å². The number of halogens is 2. The van der Waals surface area contributed by atoms with E-state index in [1.54, 1.807) is 30.3 Å². The molecule has 0 saturated carbocycles. The smallest absolute Gasteiger partial charge is 0.246 e. The summed E-state index contributed by atoms with van der Waals surface area (Å²) >= 11 is 12.0. The van der Waals surface area contributed by atoms with E-state index in [-0.39, 0.29) is 28.0 Å². The molecule has 0 aliphatic carbocycles. The molecule has 2 aromatic rings. The highest BCUT2D eigenvalue weighted by Crippen LogP contribution is 2.32. The lowest BCUT2D eigenvalue weighted by atomic mass is 10.2. The van der Waals surface area contributed by atoms with E-state index in [9.17, 15) is 18.3 Å². The van der Waals surface area contributed by atoms with E-state index in [2.05, 4.69) is 0 Å². The highest BCUT2D eigenvalue weighted by atomic mass is 35.5. The molecule has 0 spiro atoms. The van der Waals surface area contributed by atoms with Crippen molar-refractivity contribution in [3.63, 3.8) is 0 Å². The molecule has 24 heavy (non-hydrogen) atoms. The maximum Gasteiger partial charge on any atom is 0.246 e. The minimum atomic E-state index is -4.08. The van der Waals surface area contributed by atoms with Crippen LogP contribution >= 0.6 is 23.2 Å². The monoisotopic (exact) mass is 386 g/mol. The zero-order valence-corrected chi connectivity index (χ0v) is 14.8. The van der Waals surface area contributed by atoms with Gasteiger partial charge in [-0.3, -0.25) is 0 Å². The maximum atomic E-state index is 12.9. The van der Waals surface area contributed by atoms with Crippen molar-refractivity contribution in [1.82, 2.24) is 4.31 Å². The predicted molar refractivity (Wildman–Crippen MR) is 90.1 cm³/mol. The van der Waals surface area contributed by atoms with Gasteiger partial charge in [0, 0.05) is 25.5 Å². The molecule has 0 aromatic heterocycles. The molecule has 0 unspecified atom stereocenters. The molecule has 0 saturated heterocycles. The quantitative estimate of drug-likeness (QED) is 0.731. The van der Waals surface area contributed by atoms with Crippen molar-refractivity contribution in [1.29, 1.82) is 0 Å². The third-order valence-electron chi connectivity index (χ3n) is 3.28. The van der Waals surface area contributed by atoms with Crippen LogP contribution in [0.15, 0.2) is 53.4 Å². The number of carbonyl (C=O) groups excluding carboxylic acids is 1. The number of sulfonamides is 1. The van der Waals surface area contributed by atoms with Crippen LogP contribution < -0.4 is 5.11 Å². The van der Waals surface area contributed by atoms with Crippen LogP contribution in [-0.2, 0) is 21.4 Å². The first-order chi connectivity index (χ1) is 11.3. The normalized spacial score (nSPS) is 11.6. The zero-order chi connectivity index (χ0) is 17.7. The number of aliphatic carboxylic acids is 1. The third kappa shape index (κ3) is 4.48. The Labute approximate surface area is 150 Å². The Bertz CT molecular complexity index is 805. The molecular formula is C16H14Cl2NO4S-. The minimum Gasteiger partial charge on any atom is -0.550 e. The molecule has 0 bridgehead atoms. The fourth-order valence-electron chi connectivity index (χ4n) is 2.15. The van der Waals surface area contributed by atoms with Crippen LogP contribution in [0.1, 0.15) is 12.0 Å². The second kappa shape index (κ2) is 7.98. The predicted octanol–water partition coefficient (Wildman–Crippen LogP) is 2.32. The molecular weight excluding hydrogens is 373 g/mol. The topological polar surface area (TPSA) is 77.5 Å². The van der Waals surface area contributed by atoms with Gasteiger partial charge in [-0.05, 0) is 17.7 Å². The summed E-state index contributed by atoms with van der Waals surface area (Å²) in [4.78, 5) is 10.5. The molecule has 8 heteroatoms. The van der Waals surface area contributed by atoms with Gasteiger partial charge < -0.3 is 9.90 Å². The second-order valence-electron chi connectivity index (χ2n) is 5.00. The second-order valence-corrected chi connectivity index (χ2v) is 7.69. The van der Waals surface area contributed by atoms with E-state index >= 15 is 0 Å². The lowest BCUT2D eigenvalue weighted by Crippen LogP contribution is -2.35. The molecule has 0 aliphatic heterocycles. The SMILES string of the molecule is O=C([O-])CCN(Cc1ccccc1)S(=O)(=O)c1c(Cl)cccc1Cl. The standard InChI is InChI=1S/C16H15Cl2NO4S/c17-13-7-4-8-14(18)16(13)24(22,23)19(10-9-15(20)21)11-12-5-2-1-3-6-12/h1-8H,9-11H2,(H,20,21)/p-1. The van der Waals surface area contributed by atoms with Gasteiger partial charge in [-0.2, -0.15) is 4.31 Å². The number of carbonyl (C=O) groups is 1. The summed E-state index contributed by atoms with van der Waals surface area (Å²) in [5, 5.41) is 10.7. The lowest BCUT2D eigenvalue weighted by Gasteiger charge is -2.23. The number of carboxylic acids is 1. The molecule has 0 atom stereocenters. The molecule has 0 heterocycles. The zero-order valence-electron chi connectivity index (χ0n) is 12.5. The Morgan fingerprint density at radius 3 is 2.12 bits per heavy atom. The minimum absolute atomic E-state index is 0.00198. The maximum absolute atomic E-state index is 12.9. The highest BCUT2D eigenvalue weighted by Gasteiger charge is 2.29. The van der Waals surface area contributed by atoms with Gasteiger partial charge in [0.2, 0.25) is 10.0 Å². The highest BCUT2D eigenvalue weighted by molar-refractivity contribution is 7.89. The average molecular weight is 387 g/mol. The van der Waals surface area contributed by atoms with E-state index in [1.807, 2.05) is 0 Å². The van der Waals surface area contributed by atoms with E-state index in [4.69, 9.17) is 23.2 Å². The third-order valence-corrected chi connectivity index (χ3v) is 6.09. The van der Waals surface area contributed by atoms with Crippen molar-refractivity contribution in [3.8, 4) is 0 Å². The Balaban J connectivity index is 2.42. The Morgan fingerprint density at radius 2 is 1.58 bits per heavy atom. The van der Waals surface area contributed by atoms with Gasteiger partial charge in [0.1, 0.15) is 4.90 Å². The summed E-state index contributed by atoms with van der Waals surface area (Å²) in [5.41, 5.74) is 0.711. The molecule has 2 rings (SSSR count). The summed E-state index contributed by atoms with van der Waals surface area (Å²) in [6, 6.07) is 13.2. The van der Waals surface area contributed by atoms with Gasteiger partial charge in [-0.15, -0.1) is 0 Å². The number of hydrogen-bond acceptors (Lipinski definition) is 4. The summed E-state index contributed by atoms with van der Waals surface area (Å²) in [5.74, 6) is -1.34. The van der Waals surface area contributed by atoms with Gasteiger partial charge in [-0.25, -0.2) is 8.42 Å². The Morgan fingerprint density at radius 1 is 1.00 bits per heavy atom. The summed E-state index contributed by atoms with van der Waals surface area (Å²) < 4.78 is 26.9. The number of hydrogen-bond donors (Lipinski definition) is 0. The van der Waals surface area contributed by atoms with E-state index in [0.717, 1.165) is 4.31 Å².